The summed E-state index contributed by atoms with van der Waals surface area (Å²) in [6.45, 7) is 9.56. The van der Waals surface area contributed by atoms with Gasteiger partial charge in [0, 0.05) is 17.0 Å². The van der Waals surface area contributed by atoms with Crippen LogP contribution in [0, 0.1) is 22.7 Å². The lowest BCUT2D eigenvalue weighted by molar-refractivity contribution is -0.113. The van der Waals surface area contributed by atoms with E-state index in [1.54, 1.807) is 11.3 Å². The molecule has 1 amide bonds. The van der Waals surface area contributed by atoms with Gasteiger partial charge in [-0.1, -0.05) is 62.7 Å². The largest absolute Gasteiger partial charge is 0.316 e. The van der Waals surface area contributed by atoms with E-state index in [-0.39, 0.29) is 17.1 Å². The predicted molar refractivity (Wildman–Crippen MR) is 144 cm³/mol. The molecule has 1 atom stereocenters. The minimum absolute atomic E-state index is 0.152. The maximum Gasteiger partial charge on any atom is 0.235 e. The Morgan fingerprint density at radius 3 is 2.80 bits per heavy atom. The lowest BCUT2D eigenvalue weighted by Crippen LogP contribution is -2.28. The minimum atomic E-state index is -0.152. The summed E-state index contributed by atoms with van der Waals surface area (Å²) >= 11 is 9.25. The first kappa shape index (κ1) is 25.7. The van der Waals surface area contributed by atoms with E-state index in [2.05, 4.69) is 42.4 Å². The second-order valence-electron chi connectivity index (χ2n) is 9.47. The van der Waals surface area contributed by atoms with Gasteiger partial charge >= 0.3 is 0 Å². The number of nitriles is 1. The lowest BCUT2D eigenvalue weighted by Gasteiger charge is -2.36. The molecule has 1 aliphatic carbocycles. The normalized spacial score (nSPS) is 15.5. The Kier molecular flexibility index (Phi) is 7.89. The van der Waals surface area contributed by atoms with Crippen LogP contribution in [0.4, 0.5) is 5.00 Å². The molecule has 3 aromatic rings. The number of halogens is 1. The SMILES string of the molecule is CCn1c(SCC(=O)Nc2sc3c(c2C#N)CCC(C(C)(C)CC)C3)nnc1-c1ccccc1Cl. The predicted octanol–water partition coefficient (Wildman–Crippen LogP) is 6.82. The third kappa shape index (κ3) is 5.28. The van der Waals surface area contributed by atoms with E-state index in [1.807, 2.05) is 35.8 Å². The number of benzene rings is 1. The van der Waals surface area contributed by atoms with Crippen molar-refractivity contribution in [3.05, 3.63) is 45.3 Å². The Morgan fingerprint density at radius 2 is 2.11 bits per heavy atom. The van der Waals surface area contributed by atoms with Crippen molar-refractivity contribution in [3.63, 3.8) is 0 Å². The number of nitrogens with zero attached hydrogens (tertiary/aromatic N) is 4. The molecule has 35 heavy (non-hydrogen) atoms. The number of carbonyl (C=O) groups excluding carboxylic acids is 1. The number of nitrogens with one attached hydrogen (secondary N) is 1. The molecule has 4 rings (SSSR count). The van der Waals surface area contributed by atoms with Crippen LogP contribution in [0.15, 0.2) is 29.4 Å². The molecular formula is C26H30ClN5OS2. The fraction of sp³-hybridized carbons (Fsp3) is 0.462. The van der Waals surface area contributed by atoms with E-state index < -0.39 is 0 Å². The molecule has 0 fully saturated rings. The van der Waals surface area contributed by atoms with Gasteiger partial charge in [0.15, 0.2) is 11.0 Å². The van der Waals surface area contributed by atoms with Gasteiger partial charge in [-0.25, -0.2) is 0 Å². The molecule has 1 aliphatic rings. The Bertz CT molecular complexity index is 1270. The molecule has 184 valence electrons. The van der Waals surface area contributed by atoms with Crippen LogP contribution in [0.5, 0.6) is 0 Å². The lowest BCUT2D eigenvalue weighted by atomic mass is 9.69. The number of fused-ring (bicyclic) bond motifs is 1. The molecule has 1 N–H and O–H groups in total. The van der Waals surface area contributed by atoms with E-state index in [0.717, 1.165) is 36.8 Å². The molecule has 1 aromatic carbocycles. The van der Waals surface area contributed by atoms with Crippen molar-refractivity contribution in [2.75, 3.05) is 11.1 Å². The van der Waals surface area contributed by atoms with E-state index in [0.29, 0.717) is 39.0 Å². The second kappa shape index (κ2) is 10.7. The van der Waals surface area contributed by atoms with Gasteiger partial charge in [-0.3, -0.25) is 4.79 Å². The molecule has 0 aliphatic heterocycles. The molecule has 0 saturated carbocycles. The van der Waals surface area contributed by atoms with Crippen LogP contribution in [0.2, 0.25) is 5.02 Å². The fourth-order valence-corrected chi connectivity index (χ4v) is 6.88. The van der Waals surface area contributed by atoms with Crippen molar-refractivity contribution in [3.8, 4) is 17.5 Å². The van der Waals surface area contributed by atoms with Crippen LogP contribution in [0.25, 0.3) is 11.4 Å². The van der Waals surface area contributed by atoms with Crippen molar-refractivity contribution in [1.29, 1.82) is 5.26 Å². The standard InChI is InChI=1S/C26H30ClN5OS2/c1-5-26(3,4)16-11-12-17-19(14-28)24(35-21(17)13-16)29-22(33)15-34-25-31-30-23(32(25)6-2)18-9-7-8-10-20(18)27/h7-10,16H,5-6,11-13,15H2,1-4H3,(H,29,33). The number of hydrogen-bond donors (Lipinski definition) is 1. The first-order valence-electron chi connectivity index (χ1n) is 11.9. The third-order valence-corrected chi connectivity index (χ3v) is 9.59. The Labute approximate surface area is 220 Å². The highest BCUT2D eigenvalue weighted by atomic mass is 35.5. The minimum Gasteiger partial charge on any atom is -0.316 e. The van der Waals surface area contributed by atoms with Gasteiger partial charge in [0.25, 0.3) is 0 Å². The topological polar surface area (TPSA) is 83.6 Å². The molecule has 9 heteroatoms. The summed E-state index contributed by atoms with van der Waals surface area (Å²) in [7, 11) is 0. The van der Waals surface area contributed by atoms with E-state index in [4.69, 9.17) is 11.6 Å². The Hall–Kier alpha value is -2.34. The molecule has 0 bridgehead atoms. The average molecular weight is 528 g/mol. The quantitative estimate of drug-likeness (QED) is 0.325. The zero-order valence-electron chi connectivity index (χ0n) is 20.5. The number of hydrogen-bond acceptors (Lipinski definition) is 6. The molecule has 6 nitrogen and oxygen atoms in total. The van der Waals surface area contributed by atoms with E-state index in [9.17, 15) is 10.1 Å². The van der Waals surface area contributed by atoms with Gasteiger partial charge in [-0.05, 0) is 55.2 Å². The zero-order chi connectivity index (χ0) is 25.2. The summed E-state index contributed by atoms with van der Waals surface area (Å²) in [5.41, 5.74) is 2.84. The van der Waals surface area contributed by atoms with Crippen molar-refractivity contribution < 1.29 is 4.79 Å². The number of amides is 1. The third-order valence-electron chi connectivity index (χ3n) is 7.13. The van der Waals surface area contributed by atoms with Crippen LogP contribution in [0.3, 0.4) is 0 Å². The average Bonchev–Trinajstić information content (AvgIpc) is 3.42. The van der Waals surface area contributed by atoms with Crippen LogP contribution in [-0.2, 0) is 24.2 Å². The molecular weight excluding hydrogens is 498 g/mol. The molecule has 0 spiro atoms. The molecule has 1 unspecified atom stereocenters. The van der Waals surface area contributed by atoms with Crippen molar-refractivity contribution in [1.82, 2.24) is 14.8 Å². The number of anilines is 1. The van der Waals surface area contributed by atoms with Gasteiger partial charge in [-0.15, -0.1) is 21.5 Å². The van der Waals surface area contributed by atoms with Crippen LogP contribution < -0.4 is 5.32 Å². The summed E-state index contributed by atoms with van der Waals surface area (Å²) < 4.78 is 1.96. The first-order chi connectivity index (χ1) is 16.8. The van der Waals surface area contributed by atoms with E-state index in [1.165, 1.54) is 16.6 Å². The number of aromatic nitrogens is 3. The summed E-state index contributed by atoms with van der Waals surface area (Å²) in [6.07, 6.45) is 4.09. The Balaban J connectivity index is 1.46. The van der Waals surface area contributed by atoms with Crippen LogP contribution in [0.1, 0.15) is 56.5 Å². The smallest absolute Gasteiger partial charge is 0.235 e. The molecule has 2 aromatic heterocycles. The summed E-state index contributed by atoms with van der Waals surface area (Å²) in [4.78, 5) is 14.1. The van der Waals surface area contributed by atoms with Crippen LogP contribution >= 0.6 is 34.7 Å². The van der Waals surface area contributed by atoms with Crippen LogP contribution in [-0.4, -0.2) is 26.4 Å². The van der Waals surface area contributed by atoms with Gasteiger partial charge in [-0.2, -0.15) is 5.26 Å². The highest BCUT2D eigenvalue weighted by Crippen LogP contribution is 2.45. The molecule has 0 saturated heterocycles. The number of thioether (sulfide) groups is 1. The maximum atomic E-state index is 12.9. The molecule has 2 heterocycles. The van der Waals surface area contributed by atoms with Crippen molar-refractivity contribution in [2.45, 2.75) is 65.1 Å². The summed E-state index contributed by atoms with van der Waals surface area (Å²) in [5, 5.41) is 23.4. The second-order valence-corrected chi connectivity index (χ2v) is 11.9. The molecule has 0 radical (unpaired) electrons. The summed E-state index contributed by atoms with van der Waals surface area (Å²) in [6, 6.07) is 9.87. The fourth-order valence-electron chi connectivity index (χ4n) is 4.56. The number of rotatable bonds is 8. The monoisotopic (exact) mass is 527 g/mol. The van der Waals surface area contributed by atoms with Gasteiger partial charge in [0.2, 0.25) is 5.91 Å². The Morgan fingerprint density at radius 1 is 1.34 bits per heavy atom. The van der Waals surface area contributed by atoms with Crippen molar-refractivity contribution >= 4 is 45.6 Å². The number of thiophene rings is 1. The zero-order valence-corrected chi connectivity index (χ0v) is 22.9. The summed E-state index contributed by atoms with van der Waals surface area (Å²) in [5.74, 6) is 1.31. The highest BCUT2D eigenvalue weighted by Gasteiger charge is 2.34. The first-order valence-corrected chi connectivity index (χ1v) is 14.1. The maximum absolute atomic E-state index is 12.9. The van der Waals surface area contributed by atoms with Gasteiger partial charge in [0.1, 0.15) is 11.1 Å². The highest BCUT2D eigenvalue weighted by molar-refractivity contribution is 7.99. The van der Waals surface area contributed by atoms with E-state index >= 15 is 0 Å². The van der Waals surface area contributed by atoms with Gasteiger partial charge < -0.3 is 9.88 Å². The van der Waals surface area contributed by atoms with Crippen molar-refractivity contribution in [2.24, 2.45) is 11.3 Å². The number of carbonyl (C=O) groups is 1. The van der Waals surface area contributed by atoms with Gasteiger partial charge in [0.05, 0.1) is 16.3 Å².